The second-order valence-electron chi connectivity index (χ2n) is 7.67. The average molecular weight is 266 g/mol. The number of unbranched alkanes of at least 4 members (excludes halogenated alkanes) is 1. The van der Waals surface area contributed by atoms with Crippen LogP contribution < -0.4 is 5.32 Å². The highest BCUT2D eigenvalue weighted by Crippen LogP contribution is 2.35. The van der Waals surface area contributed by atoms with E-state index in [-0.39, 0.29) is 5.54 Å². The van der Waals surface area contributed by atoms with Gasteiger partial charge in [-0.3, -0.25) is 0 Å². The van der Waals surface area contributed by atoms with Gasteiger partial charge in [0.25, 0.3) is 0 Å². The lowest BCUT2D eigenvalue weighted by Crippen LogP contribution is -2.47. The molecule has 0 bridgehead atoms. The van der Waals surface area contributed by atoms with Gasteiger partial charge in [-0.15, -0.1) is 0 Å². The molecule has 0 aromatic carbocycles. The SMILES string of the molecule is CC(C)(C)NCCCCN1CCCC2CCCCC21. The Morgan fingerprint density at radius 2 is 1.74 bits per heavy atom. The van der Waals surface area contributed by atoms with Crippen LogP contribution in [-0.4, -0.2) is 36.1 Å². The van der Waals surface area contributed by atoms with Crippen molar-refractivity contribution in [1.82, 2.24) is 10.2 Å². The summed E-state index contributed by atoms with van der Waals surface area (Å²) in [6, 6.07) is 0.943. The van der Waals surface area contributed by atoms with Crippen LogP contribution in [-0.2, 0) is 0 Å². The van der Waals surface area contributed by atoms with Crippen LogP contribution in [0.2, 0.25) is 0 Å². The van der Waals surface area contributed by atoms with Gasteiger partial charge in [-0.25, -0.2) is 0 Å². The molecule has 19 heavy (non-hydrogen) atoms. The van der Waals surface area contributed by atoms with Crippen molar-refractivity contribution < 1.29 is 0 Å². The first-order valence-electron chi connectivity index (χ1n) is 8.55. The third-order valence-corrected chi connectivity index (χ3v) is 4.89. The van der Waals surface area contributed by atoms with E-state index in [0.29, 0.717) is 0 Å². The second kappa shape index (κ2) is 7.08. The zero-order valence-corrected chi connectivity index (χ0v) is 13.4. The Labute approximate surface area is 120 Å². The molecule has 0 spiro atoms. The van der Waals surface area contributed by atoms with E-state index in [1.54, 1.807) is 0 Å². The fraction of sp³-hybridized carbons (Fsp3) is 1.00. The molecule has 0 aromatic heterocycles. The van der Waals surface area contributed by atoms with Crippen LogP contribution in [0.25, 0.3) is 0 Å². The van der Waals surface area contributed by atoms with E-state index >= 15 is 0 Å². The minimum atomic E-state index is 0.277. The number of piperidine rings is 1. The highest BCUT2D eigenvalue weighted by molar-refractivity contribution is 4.87. The van der Waals surface area contributed by atoms with Gasteiger partial charge in [0.2, 0.25) is 0 Å². The van der Waals surface area contributed by atoms with E-state index in [2.05, 4.69) is 31.0 Å². The van der Waals surface area contributed by atoms with Gasteiger partial charge >= 0.3 is 0 Å². The number of hydrogen-bond donors (Lipinski definition) is 1. The minimum absolute atomic E-state index is 0.277. The van der Waals surface area contributed by atoms with Crippen LogP contribution in [0.3, 0.4) is 0 Å². The summed E-state index contributed by atoms with van der Waals surface area (Å²) in [5.74, 6) is 1.04. The highest BCUT2D eigenvalue weighted by Gasteiger charge is 2.32. The normalized spacial score (nSPS) is 29.2. The highest BCUT2D eigenvalue weighted by atomic mass is 15.2. The summed E-state index contributed by atoms with van der Waals surface area (Å²) in [5, 5.41) is 3.60. The molecular formula is C17H34N2. The molecule has 1 aliphatic carbocycles. The van der Waals surface area contributed by atoms with Crippen LogP contribution in [0.4, 0.5) is 0 Å². The minimum Gasteiger partial charge on any atom is -0.312 e. The number of fused-ring (bicyclic) bond motifs is 1. The zero-order valence-electron chi connectivity index (χ0n) is 13.4. The van der Waals surface area contributed by atoms with Crippen LogP contribution in [0, 0.1) is 5.92 Å². The van der Waals surface area contributed by atoms with Crippen molar-refractivity contribution in [2.24, 2.45) is 5.92 Å². The van der Waals surface area contributed by atoms with Crippen LogP contribution >= 0.6 is 0 Å². The Balaban J connectivity index is 1.64. The predicted octanol–water partition coefficient (Wildman–Crippen LogP) is 3.81. The Kier molecular flexibility index (Phi) is 5.70. The first-order chi connectivity index (χ1) is 9.06. The van der Waals surface area contributed by atoms with Gasteiger partial charge in [-0.2, -0.15) is 0 Å². The van der Waals surface area contributed by atoms with Crippen LogP contribution in [0.15, 0.2) is 0 Å². The van der Waals surface area contributed by atoms with Crippen molar-refractivity contribution >= 4 is 0 Å². The number of rotatable bonds is 5. The third kappa shape index (κ3) is 5.07. The largest absolute Gasteiger partial charge is 0.312 e. The molecule has 2 atom stereocenters. The third-order valence-electron chi connectivity index (χ3n) is 4.89. The van der Waals surface area contributed by atoms with Crippen molar-refractivity contribution in [2.75, 3.05) is 19.6 Å². The molecule has 2 aliphatic rings. The number of nitrogens with zero attached hydrogens (tertiary/aromatic N) is 1. The summed E-state index contributed by atoms with van der Waals surface area (Å²) in [6.07, 6.45) is 11.6. The maximum Gasteiger partial charge on any atom is 0.0123 e. The van der Waals surface area contributed by atoms with Gasteiger partial charge in [0.1, 0.15) is 0 Å². The van der Waals surface area contributed by atoms with Gasteiger partial charge in [0.05, 0.1) is 0 Å². The Morgan fingerprint density at radius 1 is 1.00 bits per heavy atom. The van der Waals surface area contributed by atoms with E-state index in [4.69, 9.17) is 0 Å². The quantitative estimate of drug-likeness (QED) is 0.761. The molecule has 112 valence electrons. The fourth-order valence-electron chi connectivity index (χ4n) is 3.91. The van der Waals surface area contributed by atoms with E-state index < -0.39 is 0 Å². The van der Waals surface area contributed by atoms with Crippen molar-refractivity contribution in [2.45, 2.75) is 83.7 Å². The first kappa shape index (κ1) is 15.3. The van der Waals surface area contributed by atoms with Gasteiger partial charge in [-0.05, 0) is 84.8 Å². The molecule has 1 saturated heterocycles. The lowest BCUT2D eigenvalue weighted by Gasteiger charge is -2.44. The summed E-state index contributed by atoms with van der Waals surface area (Å²) >= 11 is 0. The summed E-state index contributed by atoms with van der Waals surface area (Å²) in [6.45, 7) is 10.6. The van der Waals surface area contributed by atoms with E-state index in [0.717, 1.165) is 12.0 Å². The first-order valence-corrected chi connectivity index (χ1v) is 8.55. The molecule has 1 saturated carbocycles. The van der Waals surface area contributed by atoms with Crippen molar-refractivity contribution in [3.63, 3.8) is 0 Å². The monoisotopic (exact) mass is 266 g/mol. The van der Waals surface area contributed by atoms with Crippen LogP contribution in [0.1, 0.15) is 72.1 Å². The summed E-state index contributed by atoms with van der Waals surface area (Å²) in [7, 11) is 0. The topological polar surface area (TPSA) is 15.3 Å². The van der Waals surface area contributed by atoms with E-state index in [9.17, 15) is 0 Å². The molecule has 1 aliphatic heterocycles. The molecule has 0 amide bonds. The summed E-state index contributed by atoms with van der Waals surface area (Å²) in [5.41, 5.74) is 0.277. The maximum absolute atomic E-state index is 3.60. The standard InChI is InChI=1S/C17H34N2/c1-17(2,3)18-12-6-7-13-19-14-8-10-15-9-4-5-11-16(15)19/h15-16,18H,4-14H2,1-3H3. The second-order valence-corrected chi connectivity index (χ2v) is 7.67. The van der Waals surface area contributed by atoms with Crippen molar-refractivity contribution in [3.8, 4) is 0 Å². The smallest absolute Gasteiger partial charge is 0.0123 e. The molecule has 1 heterocycles. The number of hydrogen-bond acceptors (Lipinski definition) is 2. The lowest BCUT2D eigenvalue weighted by molar-refractivity contribution is 0.0596. The molecule has 2 heteroatoms. The van der Waals surface area contributed by atoms with Crippen molar-refractivity contribution in [1.29, 1.82) is 0 Å². The fourth-order valence-corrected chi connectivity index (χ4v) is 3.91. The molecule has 2 nitrogen and oxygen atoms in total. The van der Waals surface area contributed by atoms with Gasteiger partial charge in [-0.1, -0.05) is 12.8 Å². The zero-order chi connectivity index (χ0) is 13.7. The van der Waals surface area contributed by atoms with E-state index in [1.165, 1.54) is 71.0 Å². The lowest BCUT2D eigenvalue weighted by atomic mass is 9.78. The number of nitrogens with one attached hydrogen (secondary N) is 1. The molecule has 2 rings (SSSR count). The summed E-state index contributed by atoms with van der Waals surface area (Å²) < 4.78 is 0. The van der Waals surface area contributed by atoms with Gasteiger partial charge < -0.3 is 10.2 Å². The number of likely N-dealkylation sites (tertiary alicyclic amines) is 1. The molecule has 0 aromatic rings. The predicted molar refractivity (Wildman–Crippen MR) is 83.5 cm³/mol. The maximum atomic E-state index is 3.60. The molecule has 2 fully saturated rings. The average Bonchev–Trinajstić information content (AvgIpc) is 2.37. The Bertz CT molecular complexity index is 254. The molecular weight excluding hydrogens is 232 g/mol. The molecule has 2 unspecified atom stereocenters. The molecule has 0 radical (unpaired) electrons. The van der Waals surface area contributed by atoms with Gasteiger partial charge in [0.15, 0.2) is 0 Å². The van der Waals surface area contributed by atoms with Gasteiger partial charge in [0, 0.05) is 11.6 Å². The van der Waals surface area contributed by atoms with Crippen LogP contribution in [0.5, 0.6) is 0 Å². The summed E-state index contributed by atoms with van der Waals surface area (Å²) in [4.78, 5) is 2.82. The van der Waals surface area contributed by atoms with E-state index in [1.807, 2.05) is 0 Å². The Hall–Kier alpha value is -0.0800. The Morgan fingerprint density at radius 3 is 2.53 bits per heavy atom. The van der Waals surface area contributed by atoms with Crippen molar-refractivity contribution in [3.05, 3.63) is 0 Å². The molecule has 1 N–H and O–H groups in total.